The molecule has 4 rings (SSSR count). The summed E-state index contributed by atoms with van der Waals surface area (Å²) in [5.74, 6) is -3.24. The Labute approximate surface area is 180 Å². The van der Waals surface area contributed by atoms with Crippen LogP contribution in [0.15, 0.2) is 60.7 Å². The quantitative estimate of drug-likeness (QED) is 0.284. The SMILES string of the molecule is CC(CC1CCC(c2ccc(-c3cc(F)c(F)c(F)c3)c(F)c2)CC1)c1ccccc1. The summed E-state index contributed by atoms with van der Waals surface area (Å²) in [6.45, 7) is 2.27. The van der Waals surface area contributed by atoms with Crippen LogP contribution in [0.4, 0.5) is 17.6 Å². The zero-order valence-corrected chi connectivity index (χ0v) is 17.6. The largest absolute Gasteiger partial charge is 0.206 e. The molecule has 1 saturated carbocycles. The first-order chi connectivity index (χ1) is 14.9. The van der Waals surface area contributed by atoms with Crippen LogP contribution in [0.2, 0.25) is 0 Å². The molecular weight excluding hydrogens is 400 g/mol. The van der Waals surface area contributed by atoms with Gasteiger partial charge in [0.05, 0.1) is 0 Å². The van der Waals surface area contributed by atoms with E-state index < -0.39 is 23.3 Å². The van der Waals surface area contributed by atoms with Crippen LogP contribution in [0.3, 0.4) is 0 Å². The number of rotatable bonds is 5. The minimum atomic E-state index is -1.54. The highest BCUT2D eigenvalue weighted by atomic mass is 19.2. The fourth-order valence-electron chi connectivity index (χ4n) is 4.88. The van der Waals surface area contributed by atoms with E-state index in [0.717, 1.165) is 49.8 Å². The van der Waals surface area contributed by atoms with E-state index in [9.17, 15) is 17.6 Å². The van der Waals surface area contributed by atoms with Crippen molar-refractivity contribution in [2.75, 3.05) is 0 Å². The van der Waals surface area contributed by atoms with Crippen LogP contribution in [0.5, 0.6) is 0 Å². The highest BCUT2D eigenvalue weighted by molar-refractivity contribution is 5.65. The lowest BCUT2D eigenvalue weighted by atomic mass is 9.75. The van der Waals surface area contributed by atoms with Crippen LogP contribution in [0.25, 0.3) is 11.1 Å². The minimum absolute atomic E-state index is 0.000872. The first-order valence-electron chi connectivity index (χ1n) is 10.9. The lowest BCUT2D eigenvalue weighted by Crippen LogP contribution is -2.15. The molecule has 0 bridgehead atoms. The Morgan fingerprint density at radius 2 is 1.42 bits per heavy atom. The molecule has 162 valence electrons. The predicted octanol–water partition coefficient (Wildman–Crippen LogP) is 8.38. The molecule has 0 nitrogen and oxygen atoms in total. The van der Waals surface area contributed by atoms with Crippen molar-refractivity contribution in [3.63, 3.8) is 0 Å². The van der Waals surface area contributed by atoms with Gasteiger partial charge in [-0.3, -0.25) is 0 Å². The van der Waals surface area contributed by atoms with E-state index in [0.29, 0.717) is 11.8 Å². The highest BCUT2D eigenvalue weighted by Gasteiger charge is 2.25. The summed E-state index contributed by atoms with van der Waals surface area (Å²) in [7, 11) is 0. The summed E-state index contributed by atoms with van der Waals surface area (Å²) >= 11 is 0. The fourth-order valence-corrected chi connectivity index (χ4v) is 4.88. The van der Waals surface area contributed by atoms with Gasteiger partial charge in [0.1, 0.15) is 5.82 Å². The molecule has 0 spiro atoms. The van der Waals surface area contributed by atoms with Crippen LogP contribution in [0.1, 0.15) is 62.0 Å². The van der Waals surface area contributed by atoms with E-state index in [-0.39, 0.29) is 17.0 Å². The topological polar surface area (TPSA) is 0 Å². The molecule has 0 N–H and O–H groups in total. The molecule has 1 fully saturated rings. The van der Waals surface area contributed by atoms with Gasteiger partial charge in [0, 0.05) is 5.56 Å². The maximum atomic E-state index is 14.8. The van der Waals surface area contributed by atoms with Crippen molar-refractivity contribution in [1.82, 2.24) is 0 Å². The van der Waals surface area contributed by atoms with Crippen molar-refractivity contribution in [3.05, 3.63) is 95.1 Å². The van der Waals surface area contributed by atoms with Gasteiger partial charge >= 0.3 is 0 Å². The first kappa shape index (κ1) is 21.6. The zero-order valence-electron chi connectivity index (χ0n) is 17.6. The molecule has 0 radical (unpaired) electrons. The van der Waals surface area contributed by atoms with Gasteiger partial charge < -0.3 is 0 Å². The van der Waals surface area contributed by atoms with E-state index in [2.05, 4.69) is 31.2 Å². The van der Waals surface area contributed by atoms with Crippen LogP contribution in [-0.2, 0) is 0 Å². The van der Waals surface area contributed by atoms with E-state index in [4.69, 9.17) is 0 Å². The smallest absolute Gasteiger partial charge is 0.194 e. The molecule has 1 atom stereocenters. The molecular formula is C27H26F4. The van der Waals surface area contributed by atoms with Crippen molar-refractivity contribution in [3.8, 4) is 11.1 Å². The molecule has 0 heterocycles. The highest BCUT2D eigenvalue weighted by Crippen LogP contribution is 2.40. The van der Waals surface area contributed by atoms with Gasteiger partial charge in [0.25, 0.3) is 0 Å². The summed E-state index contributed by atoms with van der Waals surface area (Å²) in [5, 5.41) is 0. The van der Waals surface area contributed by atoms with Crippen LogP contribution < -0.4 is 0 Å². The molecule has 0 aliphatic heterocycles. The Bertz CT molecular complexity index is 1010. The monoisotopic (exact) mass is 426 g/mol. The molecule has 4 heteroatoms. The predicted molar refractivity (Wildman–Crippen MR) is 116 cm³/mol. The molecule has 31 heavy (non-hydrogen) atoms. The van der Waals surface area contributed by atoms with E-state index in [1.165, 1.54) is 11.6 Å². The van der Waals surface area contributed by atoms with Gasteiger partial charge in [-0.2, -0.15) is 0 Å². The number of hydrogen-bond acceptors (Lipinski definition) is 0. The van der Waals surface area contributed by atoms with Crippen molar-refractivity contribution < 1.29 is 17.6 Å². The summed E-state index contributed by atoms with van der Waals surface area (Å²) < 4.78 is 55.0. The van der Waals surface area contributed by atoms with Crippen molar-refractivity contribution in [2.24, 2.45) is 5.92 Å². The van der Waals surface area contributed by atoms with Gasteiger partial charge in [-0.15, -0.1) is 0 Å². The van der Waals surface area contributed by atoms with Crippen molar-refractivity contribution in [1.29, 1.82) is 0 Å². The second-order valence-corrected chi connectivity index (χ2v) is 8.76. The van der Waals surface area contributed by atoms with Crippen LogP contribution in [0, 0.1) is 29.2 Å². The Balaban J connectivity index is 1.41. The fraction of sp³-hybridized carbons (Fsp3) is 0.333. The van der Waals surface area contributed by atoms with Crippen LogP contribution in [-0.4, -0.2) is 0 Å². The lowest BCUT2D eigenvalue weighted by molar-refractivity contribution is 0.297. The maximum absolute atomic E-state index is 14.8. The molecule has 3 aromatic rings. The molecule has 1 aliphatic carbocycles. The Hall–Kier alpha value is -2.62. The van der Waals surface area contributed by atoms with Gasteiger partial charge in [0.2, 0.25) is 0 Å². The van der Waals surface area contributed by atoms with E-state index in [1.807, 2.05) is 12.1 Å². The summed E-state index contributed by atoms with van der Waals surface area (Å²) in [6.07, 6.45) is 5.39. The second kappa shape index (κ2) is 9.25. The first-order valence-corrected chi connectivity index (χ1v) is 10.9. The van der Waals surface area contributed by atoms with Gasteiger partial charge in [-0.1, -0.05) is 49.4 Å². The molecule has 3 aromatic carbocycles. The van der Waals surface area contributed by atoms with E-state index in [1.54, 1.807) is 6.07 Å². The third-order valence-electron chi connectivity index (χ3n) is 6.66. The summed E-state index contributed by atoms with van der Waals surface area (Å²) in [5.41, 5.74) is 2.36. The summed E-state index contributed by atoms with van der Waals surface area (Å²) in [4.78, 5) is 0. The van der Waals surface area contributed by atoms with Gasteiger partial charge in [0.15, 0.2) is 17.5 Å². The van der Waals surface area contributed by atoms with Crippen LogP contribution >= 0.6 is 0 Å². The average molecular weight is 426 g/mol. The standard InChI is InChI=1S/C27H26F4/c1-17(19-5-3-2-4-6-19)13-18-7-9-20(10-8-18)21-11-12-23(24(28)14-21)22-15-25(29)27(31)26(30)16-22/h2-6,11-12,14-18,20H,7-10,13H2,1H3. The number of benzene rings is 3. The normalized spacial score (nSPS) is 19.9. The second-order valence-electron chi connectivity index (χ2n) is 8.76. The lowest BCUT2D eigenvalue weighted by Gasteiger charge is -2.30. The molecule has 0 amide bonds. The van der Waals surface area contributed by atoms with E-state index >= 15 is 0 Å². The van der Waals surface area contributed by atoms with Gasteiger partial charge in [-0.05, 0) is 84.7 Å². The zero-order chi connectivity index (χ0) is 22.0. The van der Waals surface area contributed by atoms with Crippen molar-refractivity contribution in [2.45, 2.75) is 50.9 Å². The summed E-state index contributed by atoms with van der Waals surface area (Å²) in [6, 6.07) is 17.0. The molecule has 1 aliphatic rings. The molecule has 0 saturated heterocycles. The third kappa shape index (κ3) is 4.84. The minimum Gasteiger partial charge on any atom is -0.206 e. The number of hydrogen-bond donors (Lipinski definition) is 0. The van der Waals surface area contributed by atoms with Gasteiger partial charge in [-0.25, -0.2) is 17.6 Å². The maximum Gasteiger partial charge on any atom is 0.194 e. The third-order valence-corrected chi connectivity index (χ3v) is 6.66. The Morgan fingerprint density at radius 1 is 0.774 bits per heavy atom. The van der Waals surface area contributed by atoms with Crippen molar-refractivity contribution >= 4 is 0 Å². The Morgan fingerprint density at radius 3 is 2.03 bits per heavy atom. The molecule has 1 unspecified atom stereocenters. The Kier molecular flexibility index (Phi) is 6.45. The average Bonchev–Trinajstić information content (AvgIpc) is 2.78. The number of halogens is 4. The molecule has 0 aromatic heterocycles.